The van der Waals surface area contributed by atoms with Crippen LogP contribution in [0, 0.1) is 0 Å². The van der Waals surface area contributed by atoms with E-state index in [9.17, 15) is 14.7 Å². The first-order valence-electron chi connectivity index (χ1n) is 9.37. The van der Waals surface area contributed by atoms with Gasteiger partial charge >= 0.3 is 5.69 Å². The third-order valence-corrected chi connectivity index (χ3v) is 5.32. The van der Waals surface area contributed by atoms with Gasteiger partial charge in [-0.25, -0.2) is 9.78 Å². The van der Waals surface area contributed by atoms with Crippen molar-refractivity contribution in [2.75, 3.05) is 0 Å². The molecular formula is C18H25N5O3. The van der Waals surface area contributed by atoms with Gasteiger partial charge in [0.1, 0.15) is 16.9 Å². The summed E-state index contributed by atoms with van der Waals surface area (Å²) < 4.78 is 2.81. The smallest absolute Gasteiger partial charge is 0.332 e. The van der Waals surface area contributed by atoms with Crippen molar-refractivity contribution in [1.82, 2.24) is 24.4 Å². The number of aliphatic hydroxyl groups is 1. The van der Waals surface area contributed by atoms with Gasteiger partial charge in [-0.2, -0.15) is 0 Å². The highest BCUT2D eigenvalue weighted by Crippen LogP contribution is 2.37. The van der Waals surface area contributed by atoms with Crippen LogP contribution in [-0.2, 0) is 18.7 Å². The molecule has 2 aromatic heterocycles. The van der Waals surface area contributed by atoms with E-state index in [-0.39, 0.29) is 23.3 Å². The van der Waals surface area contributed by atoms with Gasteiger partial charge in [-0.1, -0.05) is 26.0 Å². The summed E-state index contributed by atoms with van der Waals surface area (Å²) in [5, 5.41) is 14.6. The standard InChI is InChI=1S/C18H25N5O3/c1-3-7-22-14-13(15(24)23(8-4-2)17(22)25)20-16(21-14)18(26)9-11-5-6-12(10-18)19-11/h5-6,11-12,19,26H,3-4,7-10H2,1-2H3,(H,20,21). The minimum absolute atomic E-state index is 0.0987. The number of nitrogens with one attached hydrogen (secondary N) is 2. The molecule has 2 aliphatic heterocycles. The van der Waals surface area contributed by atoms with Gasteiger partial charge in [0.2, 0.25) is 0 Å². The van der Waals surface area contributed by atoms with E-state index in [1.54, 1.807) is 4.57 Å². The number of hydrogen-bond acceptors (Lipinski definition) is 5. The molecule has 8 heteroatoms. The number of piperidine rings is 1. The maximum Gasteiger partial charge on any atom is 0.332 e. The molecule has 0 amide bonds. The van der Waals surface area contributed by atoms with Crippen LogP contribution in [0.15, 0.2) is 21.7 Å². The number of aromatic amines is 1. The molecule has 26 heavy (non-hydrogen) atoms. The zero-order valence-electron chi connectivity index (χ0n) is 15.2. The van der Waals surface area contributed by atoms with Crippen LogP contribution in [0.5, 0.6) is 0 Å². The summed E-state index contributed by atoms with van der Waals surface area (Å²) in [5.74, 6) is 0.378. The number of aromatic nitrogens is 4. The molecule has 8 nitrogen and oxygen atoms in total. The Morgan fingerprint density at radius 2 is 1.77 bits per heavy atom. The van der Waals surface area contributed by atoms with Crippen molar-refractivity contribution in [3.8, 4) is 0 Å². The number of H-pyrrole nitrogens is 1. The highest BCUT2D eigenvalue weighted by molar-refractivity contribution is 5.70. The van der Waals surface area contributed by atoms with Crippen LogP contribution >= 0.6 is 0 Å². The molecule has 3 N–H and O–H groups in total. The maximum atomic E-state index is 12.8. The summed E-state index contributed by atoms with van der Waals surface area (Å²) in [7, 11) is 0. The monoisotopic (exact) mass is 359 g/mol. The van der Waals surface area contributed by atoms with Gasteiger partial charge in [0, 0.05) is 38.0 Å². The molecule has 0 aromatic carbocycles. The fourth-order valence-corrected chi connectivity index (χ4v) is 4.15. The fourth-order valence-electron chi connectivity index (χ4n) is 4.15. The SMILES string of the molecule is CCCn1c(=O)c2[nH]c(C3(O)CC4C=CC(C3)N4)nc2n(CCC)c1=O. The molecule has 4 rings (SSSR count). The van der Waals surface area contributed by atoms with Crippen LogP contribution in [0.4, 0.5) is 0 Å². The van der Waals surface area contributed by atoms with Crippen molar-refractivity contribution in [2.24, 2.45) is 0 Å². The van der Waals surface area contributed by atoms with Crippen molar-refractivity contribution < 1.29 is 5.11 Å². The molecule has 2 unspecified atom stereocenters. The lowest BCUT2D eigenvalue weighted by atomic mass is 9.86. The van der Waals surface area contributed by atoms with E-state index in [0.29, 0.717) is 49.3 Å². The van der Waals surface area contributed by atoms with E-state index >= 15 is 0 Å². The van der Waals surface area contributed by atoms with Gasteiger partial charge < -0.3 is 15.4 Å². The van der Waals surface area contributed by atoms with Gasteiger partial charge in [0.25, 0.3) is 5.56 Å². The van der Waals surface area contributed by atoms with E-state index in [4.69, 9.17) is 0 Å². The Hall–Kier alpha value is -2.19. The topological polar surface area (TPSA) is 105 Å². The Bertz CT molecular complexity index is 969. The minimum Gasteiger partial charge on any atom is -0.382 e. The lowest BCUT2D eigenvalue weighted by molar-refractivity contribution is -0.0153. The first kappa shape index (κ1) is 17.2. The van der Waals surface area contributed by atoms with Crippen LogP contribution in [0.25, 0.3) is 11.2 Å². The van der Waals surface area contributed by atoms with Crippen molar-refractivity contribution in [2.45, 2.75) is 70.3 Å². The van der Waals surface area contributed by atoms with E-state index in [2.05, 4.69) is 27.4 Å². The van der Waals surface area contributed by atoms with Crippen LogP contribution in [0.3, 0.4) is 0 Å². The van der Waals surface area contributed by atoms with Crippen LogP contribution < -0.4 is 16.6 Å². The Labute approximate surface area is 150 Å². The summed E-state index contributed by atoms with van der Waals surface area (Å²) in [6.07, 6.45) is 6.54. The van der Waals surface area contributed by atoms with Gasteiger partial charge in [0.05, 0.1) is 0 Å². The van der Waals surface area contributed by atoms with Crippen molar-refractivity contribution >= 4 is 11.2 Å². The normalized spacial score (nSPS) is 27.5. The number of nitrogens with zero attached hydrogens (tertiary/aromatic N) is 3. The molecule has 0 radical (unpaired) electrons. The summed E-state index contributed by atoms with van der Waals surface area (Å²) in [6.45, 7) is 4.76. The Morgan fingerprint density at radius 3 is 2.38 bits per heavy atom. The van der Waals surface area contributed by atoms with Crippen LogP contribution in [0.1, 0.15) is 45.4 Å². The van der Waals surface area contributed by atoms with Crippen molar-refractivity contribution in [3.05, 3.63) is 38.8 Å². The first-order chi connectivity index (χ1) is 12.5. The average molecular weight is 359 g/mol. The zero-order valence-corrected chi connectivity index (χ0v) is 15.2. The highest BCUT2D eigenvalue weighted by Gasteiger charge is 2.43. The molecule has 2 aliphatic rings. The molecular weight excluding hydrogens is 334 g/mol. The Balaban J connectivity index is 1.89. The lowest BCUT2D eigenvalue weighted by Crippen LogP contribution is -2.47. The summed E-state index contributed by atoms with van der Waals surface area (Å²) in [4.78, 5) is 33.2. The van der Waals surface area contributed by atoms with E-state index < -0.39 is 5.60 Å². The predicted octanol–water partition coefficient (Wildman–Crippen LogP) is 0.584. The highest BCUT2D eigenvalue weighted by atomic mass is 16.3. The van der Waals surface area contributed by atoms with E-state index in [0.717, 1.165) is 6.42 Å². The average Bonchev–Trinajstić information content (AvgIpc) is 3.20. The molecule has 0 saturated carbocycles. The van der Waals surface area contributed by atoms with Gasteiger partial charge in [-0.15, -0.1) is 0 Å². The number of imidazole rings is 1. The maximum absolute atomic E-state index is 12.8. The van der Waals surface area contributed by atoms with Crippen LogP contribution in [-0.4, -0.2) is 36.3 Å². The minimum atomic E-state index is -1.14. The first-order valence-corrected chi connectivity index (χ1v) is 9.37. The molecule has 4 heterocycles. The second-order valence-corrected chi connectivity index (χ2v) is 7.38. The lowest BCUT2D eigenvalue weighted by Gasteiger charge is -2.35. The predicted molar refractivity (Wildman–Crippen MR) is 98.2 cm³/mol. The Morgan fingerprint density at radius 1 is 1.15 bits per heavy atom. The van der Waals surface area contributed by atoms with Crippen LogP contribution in [0.2, 0.25) is 0 Å². The second kappa shape index (κ2) is 6.21. The third-order valence-electron chi connectivity index (χ3n) is 5.32. The van der Waals surface area contributed by atoms with Gasteiger partial charge in [-0.3, -0.25) is 13.9 Å². The molecule has 2 aromatic rings. The molecule has 1 fully saturated rings. The third kappa shape index (κ3) is 2.55. The number of aryl methyl sites for hydroxylation is 1. The molecule has 0 spiro atoms. The Kier molecular flexibility index (Phi) is 4.11. The largest absolute Gasteiger partial charge is 0.382 e. The summed E-state index contributed by atoms with van der Waals surface area (Å²) in [6, 6.07) is 0.197. The zero-order chi connectivity index (χ0) is 18.5. The fraction of sp³-hybridized carbons (Fsp3) is 0.611. The van der Waals surface area contributed by atoms with Crippen molar-refractivity contribution in [1.29, 1.82) is 0 Å². The molecule has 2 atom stereocenters. The summed E-state index contributed by atoms with van der Waals surface area (Å²) in [5.41, 5.74) is -1.19. The van der Waals surface area contributed by atoms with Gasteiger partial charge in [0.15, 0.2) is 5.65 Å². The molecule has 140 valence electrons. The number of fused-ring (bicyclic) bond motifs is 3. The number of hydrogen-bond donors (Lipinski definition) is 3. The number of rotatable bonds is 5. The second-order valence-electron chi connectivity index (χ2n) is 7.38. The molecule has 1 saturated heterocycles. The summed E-state index contributed by atoms with van der Waals surface area (Å²) >= 11 is 0. The van der Waals surface area contributed by atoms with E-state index in [1.807, 2.05) is 13.8 Å². The van der Waals surface area contributed by atoms with E-state index in [1.165, 1.54) is 4.57 Å². The van der Waals surface area contributed by atoms with Gasteiger partial charge in [-0.05, 0) is 12.8 Å². The van der Waals surface area contributed by atoms with Crippen molar-refractivity contribution in [3.63, 3.8) is 0 Å². The quantitative estimate of drug-likeness (QED) is 0.678. The molecule has 0 aliphatic carbocycles. The molecule has 2 bridgehead atoms.